The first-order valence-electron chi connectivity index (χ1n) is 5.91. The number of carbonyl (C=O) groups excluding carboxylic acids is 2. The number of carbonyl (C=O) groups is 2. The van der Waals surface area contributed by atoms with Gasteiger partial charge in [0, 0.05) is 12.8 Å². The summed E-state index contributed by atoms with van der Waals surface area (Å²) in [5.74, 6) is -0.215. The minimum Gasteiger partial charge on any atom is -0.392 e. The molecule has 0 atom stereocenters. The van der Waals surface area contributed by atoms with E-state index in [0.29, 0.717) is 25.0 Å². The highest BCUT2D eigenvalue weighted by Crippen LogP contribution is 2.34. The van der Waals surface area contributed by atoms with E-state index in [1.54, 1.807) is 13.0 Å². The minimum atomic E-state index is -0.242. The van der Waals surface area contributed by atoms with Crippen LogP contribution in [0.1, 0.15) is 33.6 Å². The molecule has 0 radical (unpaired) electrons. The van der Waals surface area contributed by atoms with Crippen molar-refractivity contribution in [1.82, 2.24) is 0 Å². The average molecular weight is 249 g/mol. The molecule has 0 aromatic carbocycles. The van der Waals surface area contributed by atoms with Crippen LogP contribution >= 0.6 is 0 Å². The summed E-state index contributed by atoms with van der Waals surface area (Å²) in [5.41, 5.74) is 0.582. The lowest BCUT2D eigenvalue weighted by atomic mass is 9.73. The zero-order valence-electron chi connectivity index (χ0n) is 11.2. The third-order valence-corrected chi connectivity index (χ3v) is 2.74. The molecule has 0 unspecified atom stereocenters. The van der Waals surface area contributed by atoms with Crippen LogP contribution in [0.2, 0.25) is 0 Å². The molecule has 0 aromatic heterocycles. The molecule has 4 nitrogen and oxygen atoms in total. The van der Waals surface area contributed by atoms with E-state index in [1.165, 1.54) is 6.21 Å². The fraction of sp³-hybridized carbons (Fsp3) is 0.500. The SMILES string of the molecule is C=CCON=CC(C)=C1C(=O)CC(C)(C)CC1=O. The summed E-state index contributed by atoms with van der Waals surface area (Å²) in [5, 5.41) is 3.68. The van der Waals surface area contributed by atoms with Gasteiger partial charge >= 0.3 is 0 Å². The fourth-order valence-corrected chi connectivity index (χ4v) is 1.98. The van der Waals surface area contributed by atoms with Crippen LogP contribution in [0.15, 0.2) is 29.0 Å². The number of nitrogens with zero attached hydrogens (tertiary/aromatic N) is 1. The summed E-state index contributed by atoms with van der Waals surface area (Å²) < 4.78 is 0. The van der Waals surface area contributed by atoms with Gasteiger partial charge in [-0.25, -0.2) is 0 Å². The second kappa shape index (κ2) is 5.76. The van der Waals surface area contributed by atoms with Crippen molar-refractivity contribution in [1.29, 1.82) is 0 Å². The number of hydrogen-bond acceptors (Lipinski definition) is 4. The third kappa shape index (κ3) is 3.65. The topological polar surface area (TPSA) is 55.7 Å². The van der Waals surface area contributed by atoms with E-state index in [1.807, 2.05) is 13.8 Å². The summed E-state index contributed by atoms with van der Waals surface area (Å²) in [7, 11) is 0. The molecule has 1 aliphatic carbocycles. The number of rotatable bonds is 4. The smallest absolute Gasteiger partial charge is 0.167 e. The molecule has 0 amide bonds. The molecule has 0 spiro atoms. The van der Waals surface area contributed by atoms with Gasteiger partial charge in [0.1, 0.15) is 6.61 Å². The van der Waals surface area contributed by atoms with Crippen molar-refractivity contribution in [3.05, 3.63) is 23.8 Å². The van der Waals surface area contributed by atoms with Crippen molar-refractivity contribution in [2.75, 3.05) is 6.61 Å². The molecule has 0 aliphatic heterocycles. The van der Waals surface area contributed by atoms with Gasteiger partial charge in [0.25, 0.3) is 0 Å². The van der Waals surface area contributed by atoms with Gasteiger partial charge in [-0.15, -0.1) is 0 Å². The molecule has 0 heterocycles. The lowest BCUT2D eigenvalue weighted by Crippen LogP contribution is -2.32. The number of hydrogen-bond donors (Lipinski definition) is 0. The number of ketones is 2. The van der Waals surface area contributed by atoms with Crippen LogP contribution < -0.4 is 0 Å². The molecule has 98 valence electrons. The van der Waals surface area contributed by atoms with Gasteiger partial charge in [-0.3, -0.25) is 9.59 Å². The largest absolute Gasteiger partial charge is 0.392 e. The number of Topliss-reactive ketones (excluding diaryl/α,β-unsaturated/α-hetero) is 2. The predicted molar refractivity (Wildman–Crippen MR) is 70.4 cm³/mol. The molecule has 18 heavy (non-hydrogen) atoms. The van der Waals surface area contributed by atoms with Gasteiger partial charge in [0.15, 0.2) is 11.6 Å². The maximum absolute atomic E-state index is 12.0. The van der Waals surface area contributed by atoms with Gasteiger partial charge in [0.2, 0.25) is 0 Å². The van der Waals surface area contributed by atoms with Crippen LogP contribution in [0.3, 0.4) is 0 Å². The van der Waals surface area contributed by atoms with Crippen molar-refractivity contribution in [2.24, 2.45) is 10.6 Å². The molecule has 0 aromatic rings. The summed E-state index contributed by atoms with van der Waals surface area (Å²) in [6, 6.07) is 0. The van der Waals surface area contributed by atoms with E-state index in [4.69, 9.17) is 4.84 Å². The van der Waals surface area contributed by atoms with Crippen molar-refractivity contribution >= 4 is 17.8 Å². The van der Waals surface area contributed by atoms with Crippen LogP contribution in [0.4, 0.5) is 0 Å². The second-order valence-corrected chi connectivity index (χ2v) is 5.24. The van der Waals surface area contributed by atoms with Gasteiger partial charge in [-0.2, -0.15) is 0 Å². The Morgan fingerprint density at radius 2 is 1.94 bits per heavy atom. The Labute approximate surface area is 107 Å². The van der Waals surface area contributed by atoms with Crippen LogP contribution in [-0.2, 0) is 14.4 Å². The summed E-state index contributed by atoms with van der Waals surface area (Å²) >= 11 is 0. The van der Waals surface area contributed by atoms with Crippen molar-refractivity contribution in [3.63, 3.8) is 0 Å². The Morgan fingerprint density at radius 1 is 1.39 bits per heavy atom. The first-order chi connectivity index (χ1) is 8.37. The van der Waals surface area contributed by atoms with Gasteiger partial charge in [-0.1, -0.05) is 31.7 Å². The second-order valence-electron chi connectivity index (χ2n) is 5.24. The molecular formula is C14H19NO3. The van der Waals surface area contributed by atoms with E-state index in [2.05, 4.69) is 11.7 Å². The predicted octanol–water partition coefficient (Wildman–Crippen LogP) is 2.45. The van der Waals surface area contributed by atoms with E-state index >= 15 is 0 Å². The van der Waals surface area contributed by atoms with Gasteiger partial charge in [-0.05, 0) is 17.9 Å². The number of allylic oxidation sites excluding steroid dienone is 2. The molecule has 1 saturated carbocycles. The molecule has 1 fully saturated rings. The summed E-state index contributed by atoms with van der Waals surface area (Å²) in [6.45, 7) is 9.34. The Morgan fingerprint density at radius 3 is 2.44 bits per heavy atom. The lowest BCUT2D eigenvalue weighted by molar-refractivity contribution is -0.127. The van der Waals surface area contributed by atoms with Gasteiger partial charge < -0.3 is 4.84 Å². The fourth-order valence-electron chi connectivity index (χ4n) is 1.98. The maximum Gasteiger partial charge on any atom is 0.167 e. The highest BCUT2D eigenvalue weighted by Gasteiger charge is 2.36. The van der Waals surface area contributed by atoms with Crippen molar-refractivity contribution < 1.29 is 14.4 Å². The Bertz CT molecular complexity index is 408. The monoisotopic (exact) mass is 249 g/mol. The quantitative estimate of drug-likeness (QED) is 0.192. The van der Waals surface area contributed by atoms with E-state index in [-0.39, 0.29) is 22.6 Å². The van der Waals surface area contributed by atoms with Crippen molar-refractivity contribution in [2.45, 2.75) is 33.6 Å². The molecular weight excluding hydrogens is 230 g/mol. The summed E-state index contributed by atoms with van der Waals surface area (Å²) in [4.78, 5) is 28.8. The normalized spacial score (nSPS) is 19.2. The van der Waals surface area contributed by atoms with Crippen LogP contribution in [-0.4, -0.2) is 24.4 Å². The average Bonchev–Trinajstić information content (AvgIpc) is 2.21. The zero-order valence-corrected chi connectivity index (χ0v) is 11.2. The highest BCUT2D eigenvalue weighted by atomic mass is 16.6. The third-order valence-electron chi connectivity index (χ3n) is 2.74. The molecule has 0 N–H and O–H groups in total. The van der Waals surface area contributed by atoms with Crippen LogP contribution in [0.5, 0.6) is 0 Å². The van der Waals surface area contributed by atoms with E-state index < -0.39 is 0 Å². The van der Waals surface area contributed by atoms with Crippen molar-refractivity contribution in [3.8, 4) is 0 Å². The summed E-state index contributed by atoms with van der Waals surface area (Å²) in [6.07, 6.45) is 3.77. The van der Waals surface area contributed by atoms with Crippen LogP contribution in [0, 0.1) is 5.41 Å². The van der Waals surface area contributed by atoms with E-state index in [9.17, 15) is 9.59 Å². The van der Waals surface area contributed by atoms with Crippen LogP contribution in [0.25, 0.3) is 0 Å². The molecule has 4 heteroatoms. The standard InChI is InChI=1S/C14H19NO3/c1-5-6-18-15-9-10(2)13-11(16)7-14(3,4)8-12(13)17/h5,9H,1,6-8H2,2-4H3. The molecule has 1 rings (SSSR count). The first kappa shape index (κ1) is 14.4. The van der Waals surface area contributed by atoms with Gasteiger partial charge in [0.05, 0.1) is 11.8 Å². The lowest BCUT2D eigenvalue weighted by Gasteiger charge is -2.28. The molecule has 0 bridgehead atoms. The Hall–Kier alpha value is -1.71. The minimum absolute atomic E-state index is 0.107. The Kier molecular flexibility index (Phi) is 4.59. The Balaban J connectivity index is 2.86. The molecule has 0 saturated heterocycles. The molecule has 1 aliphatic rings. The number of oxime groups is 1. The highest BCUT2D eigenvalue weighted by molar-refractivity contribution is 6.24. The maximum atomic E-state index is 12.0. The first-order valence-corrected chi connectivity index (χ1v) is 5.91. The zero-order chi connectivity index (χ0) is 13.8. The van der Waals surface area contributed by atoms with E-state index in [0.717, 1.165) is 0 Å².